The van der Waals surface area contributed by atoms with Crippen LogP contribution in [0.3, 0.4) is 0 Å². The molecule has 1 aromatic heterocycles. The van der Waals surface area contributed by atoms with Crippen molar-refractivity contribution in [2.45, 2.75) is 25.8 Å². The normalized spacial score (nSPS) is 20.5. The topological polar surface area (TPSA) is 72.8 Å². The lowest BCUT2D eigenvalue weighted by atomic mass is 9.93. The highest BCUT2D eigenvalue weighted by Gasteiger charge is 2.31. The molecule has 2 N–H and O–H groups in total. The molecule has 8 nitrogen and oxygen atoms in total. The summed E-state index contributed by atoms with van der Waals surface area (Å²) < 4.78 is 32.9. The Balaban J connectivity index is 1.30. The van der Waals surface area contributed by atoms with Gasteiger partial charge in [-0.2, -0.15) is 0 Å². The fourth-order valence-electron chi connectivity index (χ4n) is 6.54. The van der Waals surface area contributed by atoms with E-state index in [1.54, 1.807) is 12.1 Å². The largest absolute Gasteiger partial charge is 0.367 e. The fourth-order valence-corrected chi connectivity index (χ4v) is 6.54. The van der Waals surface area contributed by atoms with Crippen LogP contribution in [0.5, 0.6) is 0 Å². The summed E-state index contributed by atoms with van der Waals surface area (Å²) in [6.45, 7) is 8.88. The Hall–Kier alpha value is -3.76. The van der Waals surface area contributed by atoms with Crippen LogP contribution in [0.25, 0.3) is 17.0 Å². The summed E-state index contributed by atoms with van der Waals surface area (Å²) in [6.07, 6.45) is 5.43. The van der Waals surface area contributed by atoms with Crippen molar-refractivity contribution in [1.29, 1.82) is 0 Å². The van der Waals surface area contributed by atoms with E-state index in [0.29, 0.717) is 78.4 Å². The Morgan fingerprint density at radius 3 is 2.10 bits per heavy atom. The number of pyridine rings is 1. The molecule has 1 saturated carbocycles. The van der Waals surface area contributed by atoms with E-state index in [4.69, 9.17) is 0 Å². The molecule has 2 aromatic carbocycles. The van der Waals surface area contributed by atoms with Gasteiger partial charge in [0.1, 0.15) is 11.6 Å². The van der Waals surface area contributed by atoms with Crippen molar-refractivity contribution in [3.05, 3.63) is 69.0 Å². The third-order valence-corrected chi connectivity index (χ3v) is 9.00. The molecule has 0 radical (unpaired) electrons. The maximum Gasteiger partial charge on any atom is 0.196 e. The molecule has 0 atom stereocenters. The standard InChI is InChI=1S/C32H36F2N6O2/c1-2-37-18-20(31(41)23-14-25(33)29(16-27(23)37)38-9-5-35-6-10-38)13-21-19-40(22-3-4-22)28-17-30(39-11-7-36-8-12-39)26(34)15-24(28)32(21)42/h13-17,19,22,35-36H,2-12,18H2,1H3/b20-13+. The lowest BCUT2D eigenvalue weighted by Crippen LogP contribution is -2.44. The minimum atomic E-state index is -0.418. The molecule has 220 valence electrons. The van der Waals surface area contributed by atoms with Gasteiger partial charge in [0, 0.05) is 99.8 Å². The maximum absolute atomic E-state index is 15.4. The van der Waals surface area contributed by atoms with Gasteiger partial charge in [0.25, 0.3) is 0 Å². The van der Waals surface area contributed by atoms with Gasteiger partial charge in [-0.3, -0.25) is 9.59 Å². The lowest BCUT2D eigenvalue weighted by Gasteiger charge is -2.34. The van der Waals surface area contributed by atoms with Crippen molar-refractivity contribution in [2.75, 3.05) is 80.1 Å². The van der Waals surface area contributed by atoms with Crippen LogP contribution in [0.15, 0.2) is 40.8 Å². The summed E-state index contributed by atoms with van der Waals surface area (Å²) in [4.78, 5) is 33.6. The second-order valence-corrected chi connectivity index (χ2v) is 11.7. The zero-order valence-corrected chi connectivity index (χ0v) is 23.9. The van der Waals surface area contributed by atoms with Crippen molar-refractivity contribution in [3.8, 4) is 0 Å². The number of piperazine rings is 2. The number of likely N-dealkylation sites (N-methyl/N-ethyl adjacent to an activating group) is 1. The van der Waals surface area contributed by atoms with Gasteiger partial charge in [-0.25, -0.2) is 8.78 Å². The number of nitrogens with one attached hydrogen (secondary N) is 2. The molecule has 3 aromatic rings. The van der Waals surface area contributed by atoms with Gasteiger partial charge < -0.3 is 29.9 Å². The van der Waals surface area contributed by atoms with Gasteiger partial charge in [0.2, 0.25) is 0 Å². The number of hydrogen-bond acceptors (Lipinski definition) is 7. The predicted molar refractivity (Wildman–Crippen MR) is 163 cm³/mol. The number of Topliss-reactive ketones (excluding diaryl/α,β-unsaturated/α-hetero) is 1. The van der Waals surface area contributed by atoms with Gasteiger partial charge in [0.15, 0.2) is 11.2 Å². The number of nitrogens with zero attached hydrogens (tertiary/aromatic N) is 4. The third kappa shape index (κ3) is 4.76. The number of hydrogen-bond donors (Lipinski definition) is 2. The smallest absolute Gasteiger partial charge is 0.196 e. The Bertz CT molecular complexity index is 1650. The molecule has 7 rings (SSSR count). The number of ketones is 1. The SMILES string of the molecule is CCN1C/C(=C\c2cn(C3CC3)c3cc(N4CCNCC4)c(F)cc3c2=O)C(=O)c2cc(F)c(N3CCNCC3)cc21. The van der Waals surface area contributed by atoms with Crippen molar-refractivity contribution in [1.82, 2.24) is 15.2 Å². The first kappa shape index (κ1) is 27.1. The predicted octanol–water partition coefficient (Wildman–Crippen LogP) is 3.54. The maximum atomic E-state index is 15.4. The molecule has 4 heterocycles. The zero-order valence-electron chi connectivity index (χ0n) is 23.9. The Labute approximate surface area is 243 Å². The molecule has 42 heavy (non-hydrogen) atoms. The number of benzene rings is 2. The quantitative estimate of drug-likeness (QED) is 0.452. The first-order chi connectivity index (χ1) is 20.4. The van der Waals surface area contributed by atoms with Gasteiger partial charge >= 0.3 is 0 Å². The van der Waals surface area contributed by atoms with Crippen molar-refractivity contribution in [3.63, 3.8) is 0 Å². The summed E-state index contributed by atoms with van der Waals surface area (Å²) in [7, 11) is 0. The average Bonchev–Trinajstić information content (AvgIpc) is 3.86. The highest BCUT2D eigenvalue weighted by atomic mass is 19.1. The van der Waals surface area contributed by atoms with E-state index >= 15 is 8.78 Å². The first-order valence-corrected chi connectivity index (χ1v) is 15.1. The van der Waals surface area contributed by atoms with Gasteiger partial charge in [-0.15, -0.1) is 0 Å². The van der Waals surface area contributed by atoms with E-state index in [-0.39, 0.29) is 17.3 Å². The molecule has 3 fully saturated rings. The van der Waals surface area contributed by atoms with Gasteiger partial charge in [-0.1, -0.05) is 0 Å². The van der Waals surface area contributed by atoms with Crippen LogP contribution in [-0.2, 0) is 0 Å². The molecule has 4 aliphatic rings. The van der Waals surface area contributed by atoms with Gasteiger partial charge in [-0.05, 0) is 50.1 Å². The third-order valence-electron chi connectivity index (χ3n) is 9.00. The highest BCUT2D eigenvalue weighted by molar-refractivity contribution is 6.17. The number of anilines is 3. The van der Waals surface area contributed by atoms with Crippen molar-refractivity contribution >= 4 is 39.8 Å². The number of carbonyl (C=O) groups excluding carboxylic acids is 1. The minimum Gasteiger partial charge on any atom is -0.367 e. The second-order valence-electron chi connectivity index (χ2n) is 11.7. The summed E-state index contributed by atoms with van der Waals surface area (Å²) >= 11 is 0. The number of carbonyl (C=O) groups is 1. The molecule has 0 spiro atoms. The molecule has 2 saturated heterocycles. The number of halogens is 2. The van der Waals surface area contributed by atoms with E-state index in [1.807, 2.05) is 33.9 Å². The van der Waals surface area contributed by atoms with Crippen LogP contribution in [-0.4, -0.2) is 75.8 Å². The number of fused-ring (bicyclic) bond motifs is 2. The van der Waals surface area contributed by atoms with Crippen LogP contribution in [0.4, 0.5) is 25.8 Å². The number of aromatic nitrogens is 1. The van der Waals surface area contributed by atoms with E-state index in [9.17, 15) is 9.59 Å². The average molecular weight is 575 g/mol. The monoisotopic (exact) mass is 574 g/mol. The van der Waals surface area contributed by atoms with E-state index in [1.165, 1.54) is 12.1 Å². The van der Waals surface area contributed by atoms with Crippen LogP contribution < -0.4 is 30.8 Å². The summed E-state index contributed by atoms with van der Waals surface area (Å²) in [5.74, 6) is -1.11. The van der Waals surface area contributed by atoms with Gasteiger partial charge in [0.05, 0.1) is 22.6 Å². The Morgan fingerprint density at radius 2 is 1.48 bits per heavy atom. The van der Waals surface area contributed by atoms with E-state index in [0.717, 1.165) is 44.5 Å². The van der Waals surface area contributed by atoms with Crippen LogP contribution >= 0.6 is 0 Å². The summed E-state index contributed by atoms with van der Waals surface area (Å²) in [6, 6.07) is 6.55. The van der Waals surface area contributed by atoms with E-state index < -0.39 is 11.6 Å². The lowest BCUT2D eigenvalue weighted by molar-refractivity contribution is 0.103. The number of rotatable bonds is 5. The Kier molecular flexibility index (Phi) is 6.98. The Morgan fingerprint density at radius 1 is 0.857 bits per heavy atom. The zero-order chi connectivity index (χ0) is 29.0. The summed E-state index contributed by atoms with van der Waals surface area (Å²) in [5.41, 5.74) is 3.24. The highest BCUT2D eigenvalue weighted by Crippen LogP contribution is 2.39. The molecule has 0 bridgehead atoms. The molecule has 1 aliphatic carbocycles. The molecule has 3 aliphatic heterocycles. The fraction of sp³-hybridized carbons (Fsp3) is 0.438. The van der Waals surface area contributed by atoms with E-state index in [2.05, 4.69) is 15.2 Å². The van der Waals surface area contributed by atoms with Crippen LogP contribution in [0, 0.1) is 11.6 Å². The van der Waals surface area contributed by atoms with Crippen LogP contribution in [0.1, 0.15) is 41.7 Å². The molecular weight excluding hydrogens is 538 g/mol. The summed E-state index contributed by atoms with van der Waals surface area (Å²) in [5, 5.41) is 6.89. The van der Waals surface area contributed by atoms with Crippen molar-refractivity contribution in [2.24, 2.45) is 0 Å². The molecule has 0 amide bonds. The molecular formula is C32H36F2N6O2. The van der Waals surface area contributed by atoms with Crippen LogP contribution in [0.2, 0.25) is 0 Å². The minimum absolute atomic E-state index is 0.235. The molecule has 0 unspecified atom stereocenters. The second kappa shape index (κ2) is 10.8. The molecule has 10 heteroatoms. The first-order valence-electron chi connectivity index (χ1n) is 15.1. The van der Waals surface area contributed by atoms with Crippen molar-refractivity contribution < 1.29 is 13.6 Å².